The van der Waals surface area contributed by atoms with Crippen LogP contribution in [0.1, 0.15) is 18.9 Å². The fourth-order valence-corrected chi connectivity index (χ4v) is 2.36. The van der Waals surface area contributed by atoms with Crippen molar-refractivity contribution >= 4 is 15.9 Å². The maximum absolute atomic E-state index is 13.2. The monoisotopic (exact) mass is 340 g/mol. The van der Waals surface area contributed by atoms with Gasteiger partial charge in [-0.05, 0) is 40.0 Å². The topological polar surface area (TPSA) is 44.0 Å². The Morgan fingerprint density at radius 3 is 2.65 bits per heavy atom. The molecule has 0 N–H and O–H groups in total. The lowest BCUT2D eigenvalue weighted by atomic mass is 10.2. The third-order valence-electron chi connectivity index (χ3n) is 2.93. The van der Waals surface area contributed by atoms with Gasteiger partial charge in [0.05, 0.1) is 11.0 Å². The molecule has 0 spiro atoms. The second kappa shape index (κ2) is 6.17. The molecule has 106 valence electrons. The minimum atomic E-state index is -0.377. The number of hydrogen-bond acceptors (Lipinski definition) is 2. The molecule has 4 nitrogen and oxygen atoms in total. The Morgan fingerprint density at radius 1 is 1.25 bits per heavy atom. The fourth-order valence-electron chi connectivity index (χ4n) is 1.93. The molecule has 0 atom stereocenters. The van der Waals surface area contributed by atoms with Crippen molar-refractivity contribution in [1.29, 1.82) is 0 Å². The van der Waals surface area contributed by atoms with Crippen LogP contribution in [-0.4, -0.2) is 9.13 Å². The first kappa shape index (κ1) is 14.7. The van der Waals surface area contributed by atoms with Crippen LogP contribution < -0.4 is 11.2 Å². The molecular formula is C14H14BrFN2O2. The molecule has 1 aromatic heterocycles. The Labute approximate surface area is 123 Å². The van der Waals surface area contributed by atoms with E-state index < -0.39 is 0 Å². The molecule has 20 heavy (non-hydrogen) atoms. The van der Waals surface area contributed by atoms with Crippen molar-refractivity contribution in [2.24, 2.45) is 0 Å². The zero-order chi connectivity index (χ0) is 14.7. The molecule has 2 aromatic rings. The highest BCUT2D eigenvalue weighted by Gasteiger charge is 2.07. The van der Waals surface area contributed by atoms with Crippen LogP contribution in [0.3, 0.4) is 0 Å². The molecule has 0 saturated carbocycles. The number of halogens is 2. The van der Waals surface area contributed by atoms with Crippen molar-refractivity contribution in [3.05, 3.63) is 67.2 Å². The molecule has 0 aliphatic heterocycles. The molecule has 0 radical (unpaired) electrons. The van der Waals surface area contributed by atoms with Crippen LogP contribution in [0.2, 0.25) is 0 Å². The summed E-state index contributed by atoms with van der Waals surface area (Å²) in [6.07, 6.45) is 2.31. The van der Waals surface area contributed by atoms with E-state index in [1.165, 1.54) is 22.9 Å². The normalized spacial score (nSPS) is 10.8. The van der Waals surface area contributed by atoms with E-state index in [9.17, 15) is 14.0 Å². The number of benzene rings is 1. The van der Waals surface area contributed by atoms with Crippen molar-refractivity contribution < 1.29 is 4.39 Å². The van der Waals surface area contributed by atoms with Crippen molar-refractivity contribution in [3.8, 4) is 0 Å². The highest BCUT2D eigenvalue weighted by atomic mass is 79.9. The summed E-state index contributed by atoms with van der Waals surface area (Å²) in [7, 11) is 0. The molecule has 0 amide bonds. The van der Waals surface area contributed by atoms with Crippen molar-refractivity contribution in [3.63, 3.8) is 0 Å². The van der Waals surface area contributed by atoms with E-state index in [0.717, 1.165) is 11.0 Å². The van der Waals surface area contributed by atoms with Crippen LogP contribution in [0.25, 0.3) is 0 Å². The van der Waals surface area contributed by atoms with Gasteiger partial charge in [0.1, 0.15) is 5.82 Å². The number of nitrogens with zero attached hydrogens (tertiary/aromatic N) is 2. The Kier molecular flexibility index (Phi) is 4.54. The fraction of sp³-hybridized carbons (Fsp3) is 0.286. The van der Waals surface area contributed by atoms with E-state index in [1.54, 1.807) is 12.1 Å². The molecule has 2 rings (SSSR count). The van der Waals surface area contributed by atoms with Crippen LogP contribution in [0, 0.1) is 5.82 Å². The van der Waals surface area contributed by atoms with Crippen molar-refractivity contribution in [2.75, 3.05) is 0 Å². The van der Waals surface area contributed by atoms with Gasteiger partial charge in [0.2, 0.25) is 0 Å². The first-order valence-corrected chi connectivity index (χ1v) is 7.06. The molecule has 1 aromatic carbocycles. The minimum absolute atomic E-state index is 0.126. The summed E-state index contributed by atoms with van der Waals surface area (Å²) in [6.45, 7) is 2.65. The molecule has 0 fully saturated rings. The van der Waals surface area contributed by atoms with E-state index in [0.29, 0.717) is 16.6 Å². The molecule has 0 unspecified atom stereocenters. The predicted molar refractivity (Wildman–Crippen MR) is 78.5 cm³/mol. The number of aromatic nitrogens is 2. The van der Waals surface area contributed by atoms with Gasteiger partial charge in [-0.25, -0.2) is 9.18 Å². The molecule has 0 aliphatic carbocycles. The average Bonchev–Trinajstić information content (AvgIpc) is 2.42. The molecule has 0 bridgehead atoms. The Balaban J connectivity index is 2.42. The second-order valence-electron chi connectivity index (χ2n) is 4.46. The molecular weight excluding hydrogens is 327 g/mol. The Morgan fingerprint density at radius 2 is 2.00 bits per heavy atom. The number of aryl methyl sites for hydroxylation is 1. The number of rotatable bonds is 4. The zero-order valence-electron chi connectivity index (χ0n) is 11.0. The predicted octanol–water partition coefficient (Wildman–Crippen LogP) is 2.37. The van der Waals surface area contributed by atoms with Gasteiger partial charge in [-0.3, -0.25) is 9.36 Å². The van der Waals surface area contributed by atoms with E-state index in [1.807, 2.05) is 6.92 Å². The standard InChI is InChI=1S/C14H14BrFN2O2/c1-2-6-17-7-5-13(19)18(14(17)20)9-10-3-4-12(16)11(15)8-10/h3-5,7-8H,2,6,9H2,1H3. The van der Waals surface area contributed by atoms with Gasteiger partial charge in [-0.15, -0.1) is 0 Å². The first-order chi connectivity index (χ1) is 9.52. The summed E-state index contributed by atoms with van der Waals surface area (Å²) in [5.41, 5.74) is -0.0191. The largest absolute Gasteiger partial charge is 0.331 e. The van der Waals surface area contributed by atoms with Gasteiger partial charge >= 0.3 is 5.69 Å². The maximum atomic E-state index is 13.2. The summed E-state index contributed by atoms with van der Waals surface area (Å²) in [6, 6.07) is 5.80. The van der Waals surface area contributed by atoms with E-state index in [2.05, 4.69) is 15.9 Å². The van der Waals surface area contributed by atoms with Gasteiger partial charge < -0.3 is 4.57 Å². The highest BCUT2D eigenvalue weighted by Crippen LogP contribution is 2.16. The third kappa shape index (κ3) is 3.07. The van der Waals surface area contributed by atoms with Gasteiger partial charge in [-0.1, -0.05) is 13.0 Å². The number of hydrogen-bond donors (Lipinski definition) is 0. The van der Waals surface area contributed by atoms with Crippen molar-refractivity contribution in [2.45, 2.75) is 26.4 Å². The smallest absolute Gasteiger partial charge is 0.300 e. The van der Waals surface area contributed by atoms with Gasteiger partial charge in [0, 0.05) is 18.8 Å². The Hall–Kier alpha value is -1.69. The van der Waals surface area contributed by atoms with E-state index >= 15 is 0 Å². The van der Waals surface area contributed by atoms with Gasteiger partial charge in [0.15, 0.2) is 0 Å². The summed E-state index contributed by atoms with van der Waals surface area (Å²) in [5, 5.41) is 0. The lowest BCUT2D eigenvalue weighted by Gasteiger charge is -2.09. The molecule has 6 heteroatoms. The van der Waals surface area contributed by atoms with Crippen LogP contribution >= 0.6 is 15.9 Å². The van der Waals surface area contributed by atoms with Crippen LogP contribution in [0.5, 0.6) is 0 Å². The summed E-state index contributed by atoms with van der Waals surface area (Å²) in [5.74, 6) is -0.377. The minimum Gasteiger partial charge on any atom is -0.300 e. The van der Waals surface area contributed by atoms with Crippen LogP contribution in [0.4, 0.5) is 4.39 Å². The lowest BCUT2D eigenvalue weighted by Crippen LogP contribution is -2.39. The quantitative estimate of drug-likeness (QED) is 0.857. The summed E-state index contributed by atoms with van der Waals surface area (Å²) in [4.78, 5) is 24.0. The van der Waals surface area contributed by atoms with Crippen LogP contribution in [-0.2, 0) is 13.1 Å². The van der Waals surface area contributed by atoms with Crippen LogP contribution in [0.15, 0.2) is 44.5 Å². The highest BCUT2D eigenvalue weighted by molar-refractivity contribution is 9.10. The average molecular weight is 341 g/mol. The van der Waals surface area contributed by atoms with Gasteiger partial charge in [0.25, 0.3) is 5.56 Å². The molecule has 1 heterocycles. The van der Waals surface area contributed by atoms with Gasteiger partial charge in [-0.2, -0.15) is 0 Å². The van der Waals surface area contributed by atoms with Crippen molar-refractivity contribution in [1.82, 2.24) is 9.13 Å². The summed E-state index contributed by atoms with van der Waals surface area (Å²) < 4.78 is 16.1. The zero-order valence-corrected chi connectivity index (χ0v) is 12.6. The molecule has 0 saturated heterocycles. The lowest BCUT2D eigenvalue weighted by molar-refractivity contribution is 0.569. The Bertz CT molecular complexity index is 737. The first-order valence-electron chi connectivity index (χ1n) is 6.27. The third-order valence-corrected chi connectivity index (χ3v) is 3.54. The maximum Gasteiger partial charge on any atom is 0.331 e. The second-order valence-corrected chi connectivity index (χ2v) is 5.32. The van der Waals surface area contributed by atoms with E-state index in [-0.39, 0.29) is 23.6 Å². The summed E-state index contributed by atoms with van der Waals surface area (Å²) >= 11 is 3.09. The van der Waals surface area contributed by atoms with E-state index in [4.69, 9.17) is 0 Å². The molecule has 0 aliphatic rings. The SMILES string of the molecule is CCCn1ccc(=O)n(Cc2ccc(F)c(Br)c2)c1=O.